The minimum Gasteiger partial charge on any atom is -0.481 e. The standard InChI is InChI=1S/C12H15N3O5S/c16-8(14-11-13-7-9(21-11)15(19)20)5-12(6-10(17)18)3-1-2-4-12/h7H,1-6H2,(H,17,18)(H,13,14,16). The van der Waals surface area contributed by atoms with Gasteiger partial charge in [-0.3, -0.25) is 19.7 Å². The maximum absolute atomic E-state index is 12.0. The van der Waals surface area contributed by atoms with Crippen LogP contribution in [0.4, 0.5) is 10.1 Å². The zero-order chi connectivity index (χ0) is 15.5. The second-order valence-corrected chi connectivity index (χ2v) is 6.27. The molecule has 114 valence electrons. The summed E-state index contributed by atoms with van der Waals surface area (Å²) in [7, 11) is 0. The Morgan fingerprint density at radius 2 is 2.10 bits per heavy atom. The topological polar surface area (TPSA) is 122 Å². The fourth-order valence-electron chi connectivity index (χ4n) is 2.77. The van der Waals surface area contributed by atoms with Crippen LogP contribution >= 0.6 is 11.3 Å². The fourth-order valence-corrected chi connectivity index (χ4v) is 3.42. The van der Waals surface area contributed by atoms with E-state index in [9.17, 15) is 19.7 Å². The summed E-state index contributed by atoms with van der Waals surface area (Å²) in [5, 5.41) is 22.1. The summed E-state index contributed by atoms with van der Waals surface area (Å²) in [5.74, 6) is -1.25. The van der Waals surface area contributed by atoms with Crippen LogP contribution in [0.15, 0.2) is 6.20 Å². The number of carbonyl (C=O) groups is 2. The van der Waals surface area contributed by atoms with Crippen LogP contribution in [0.3, 0.4) is 0 Å². The number of thiazole rings is 1. The van der Waals surface area contributed by atoms with Crippen LogP contribution in [0.1, 0.15) is 38.5 Å². The average molecular weight is 313 g/mol. The molecule has 0 spiro atoms. The van der Waals surface area contributed by atoms with Crippen molar-refractivity contribution in [3.05, 3.63) is 16.3 Å². The number of amides is 1. The number of carboxylic acids is 1. The van der Waals surface area contributed by atoms with Gasteiger partial charge in [-0.1, -0.05) is 12.8 Å². The lowest BCUT2D eigenvalue weighted by Gasteiger charge is -2.25. The SMILES string of the molecule is O=C(O)CC1(CC(=O)Nc2ncc([N+](=O)[O-])s2)CCCC1. The molecular weight excluding hydrogens is 298 g/mol. The van der Waals surface area contributed by atoms with Gasteiger partial charge in [-0.25, -0.2) is 4.98 Å². The third-order valence-corrected chi connectivity index (χ3v) is 4.51. The van der Waals surface area contributed by atoms with E-state index >= 15 is 0 Å². The normalized spacial score (nSPS) is 16.6. The monoisotopic (exact) mass is 313 g/mol. The van der Waals surface area contributed by atoms with Crippen LogP contribution in [0.2, 0.25) is 0 Å². The van der Waals surface area contributed by atoms with Crippen molar-refractivity contribution in [1.29, 1.82) is 0 Å². The summed E-state index contributed by atoms with van der Waals surface area (Å²) >= 11 is 0.782. The van der Waals surface area contributed by atoms with Crippen molar-refractivity contribution >= 4 is 33.3 Å². The van der Waals surface area contributed by atoms with Gasteiger partial charge in [0.05, 0.1) is 11.3 Å². The van der Waals surface area contributed by atoms with Crippen LogP contribution in [0, 0.1) is 15.5 Å². The first kappa shape index (κ1) is 15.4. The zero-order valence-electron chi connectivity index (χ0n) is 11.2. The molecule has 1 aliphatic rings. The molecule has 1 aromatic heterocycles. The Balaban J connectivity index is 1.98. The highest BCUT2D eigenvalue weighted by atomic mass is 32.1. The molecule has 0 saturated heterocycles. The van der Waals surface area contributed by atoms with Crippen LogP contribution in [0.5, 0.6) is 0 Å². The number of nitro groups is 1. The van der Waals surface area contributed by atoms with Crippen molar-refractivity contribution in [2.45, 2.75) is 38.5 Å². The molecule has 1 saturated carbocycles. The molecule has 2 rings (SSSR count). The number of hydrogen-bond donors (Lipinski definition) is 2. The Hall–Kier alpha value is -2.03. The van der Waals surface area contributed by atoms with Gasteiger partial charge in [-0.05, 0) is 29.6 Å². The van der Waals surface area contributed by atoms with E-state index in [2.05, 4.69) is 10.3 Å². The van der Waals surface area contributed by atoms with Crippen molar-refractivity contribution in [2.24, 2.45) is 5.41 Å². The van der Waals surface area contributed by atoms with E-state index in [1.807, 2.05) is 0 Å². The predicted molar refractivity (Wildman–Crippen MR) is 75.2 cm³/mol. The molecule has 1 aromatic rings. The number of carbonyl (C=O) groups excluding carboxylic acids is 1. The van der Waals surface area contributed by atoms with Crippen LogP contribution in [0.25, 0.3) is 0 Å². The third kappa shape index (κ3) is 3.97. The molecule has 0 unspecified atom stereocenters. The molecule has 0 aliphatic heterocycles. The van der Waals surface area contributed by atoms with Crippen LogP contribution in [-0.2, 0) is 9.59 Å². The molecule has 1 heterocycles. The highest BCUT2D eigenvalue weighted by Gasteiger charge is 2.38. The van der Waals surface area contributed by atoms with Crippen molar-refractivity contribution in [1.82, 2.24) is 4.98 Å². The second-order valence-electron chi connectivity index (χ2n) is 5.26. The van der Waals surface area contributed by atoms with E-state index in [1.165, 1.54) is 0 Å². The van der Waals surface area contributed by atoms with Gasteiger partial charge in [0.1, 0.15) is 6.20 Å². The van der Waals surface area contributed by atoms with Gasteiger partial charge in [-0.2, -0.15) is 0 Å². The average Bonchev–Trinajstić information content (AvgIpc) is 2.98. The molecule has 0 radical (unpaired) electrons. The van der Waals surface area contributed by atoms with Crippen molar-refractivity contribution in [3.63, 3.8) is 0 Å². The lowest BCUT2D eigenvalue weighted by molar-refractivity contribution is -0.380. The van der Waals surface area contributed by atoms with E-state index in [4.69, 9.17) is 5.11 Å². The molecule has 9 heteroatoms. The van der Waals surface area contributed by atoms with Crippen molar-refractivity contribution < 1.29 is 19.6 Å². The van der Waals surface area contributed by atoms with E-state index in [-0.39, 0.29) is 28.9 Å². The lowest BCUT2D eigenvalue weighted by Crippen LogP contribution is -2.27. The summed E-state index contributed by atoms with van der Waals surface area (Å²) in [6.45, 7) is 0. The number of anilines is 1. The summed E-state index contributed by atoms with van der Waals surface area (Å²) in [5.41, 5.74) is -0.501. The lowest BCUT2D eigenvalue weighted by atomic mass is 9.79. The minimum absolute atomic E-state index is 0.0293. The molecule has 0 aromatic carbocycles. The Kier molecular flexibility index (Phi) is 4.51. The maximum Gasteiger partial charge on any atom is 0.345 e. The van der Waals surface area contributed by atoms with Gasteiger partial charge < -0.3 is 10.4 Å². The first-order valence-corrected chi connectivity index (χ1v) is 7.34. The number of aromatic nitrogens is 1. The first-order valence-electron chi connectivity index (χ1n) is 6.52. The molecule has 1 amide bonds. The summed E-state index contributed by atoms with van der Waals surface area (Å²) in [4.78, 5) is 36.7. The van der Waals surface area contributed by atoms with E-state index in [0.717, 1.165) is 30.4 Å². The number of aliphatic carboxylic acids is 1. The van der Waals surface area contributed by atoms with Crippen LogP contribution < -0.4 is 5.32 Å². The van der Waals surface area contributed by atoms with Gasteiger partial charge in [0.15, 0.2) is 5.13 Å². The fraction of sp³-hybridized carbons (Fsp3) is 0.583. The number of hydrogen-bond acceptors (Lipinski definition) is 6. The van der Waals surface area contributed by atoms with Gasteiger partial charge in [0.25, 0.3) is 0 Å². The summed E-state index contributed by atoms with van der Waals surface area (Å²) < 4.78 is 0. The van der Waals surface area contributed by atoms with Crippen LogP contribution in [-0.4, -0.2) is 26.9 Å². The molecular formula is C12H15N3O5S. The predicted octanol–water partition coefficient (Wildman–Crippen LogP) is 2.42. The first-order chi connectivity index (χ1) is 9.90. The van der Waals surface area contributed by atoms with E-state index in [0.29, 0.717) is 12.8 Å². The third-order valence-electron chi connectivity index (χ3n) is 3.65. The molecule has 1 fully saturated rings. The van der Waals surface area contributed by atoms with Crippen molar-refractivity contribution in [2.75, 3.05) is 5.32 Å². The molecule has 2 N–H and O–H groups in total. The minimum atomic E-state index is -0.908. The maximum atomic E-state index is 12.0. The quantitative estimate of drug-likeness (QED) is 0.614. The summed E-state index contributed by atoms with van der Waals surface area (Å²) in [6, 6.07) is 0. The number of rotatable bonds is 6. The number of nitrogens with one attached hydrogen (secondary N) is 1. The Morgan fingerprint density at radius 1 is 1.43 bits per heavy atom. The van der Waals surface area contributed by atoms with Gasteiger partial charge >= 0.3 is 11.0 Å². The number of nitrogens with zero attached hydrogens (tertiary/aromatic N) is 2. The largest absolute Gasteiger partial charge is 0.481 e. The molecule has 0 bridgehead atoms. The van der Waals surface area contributed by atoms with Gasteiger partial charge in [0.2, 0.25) is 5.91 Å². The Labute approximate surface area is 124 Å². The molecule has 8 nitrogen and oxygen atoms in total. The Bertz CT molecular complexity index is 565. The molecule has 1 aliphatic carbocycles. The zero-order valence-corrected chi connectivity index (χ0v) is 12.0. The highest BCUT2D eigenvalue weighted by molar-refractivity contribution is 7.18. The number of carboxylic acid groups (broad SMARTS) is 1. The van der Waals surface area contributed by atoms with Gasteiger partial charge in [-0.15, -0.1) is 0 Å². The van der Waals surface area contributed by atoms with Crippen molar-refractivity contribution in [3.8, 4) is 0 Å². The molecule has 21 heavy (non-hydrogen) atoms. The molecule has 0 atom stereocenters. The second kappa shape index (κ2) is 6.17. The smallest absolute Gasteiger partial charge is 0.345 e. The Morgan fingerprint density at radius 3 is 2.62 bits per heavy atom. The van der Waals surface area contributed by atoms with E-state index in [1.54, 1.807) is 0 Å². The highest BCUT2D eigenvalue weighted by Crippen LogP contribution is 2.44. The van der Waals surface area contributed by atoms with E-state index < -0.39 is 16.3 Å². The summed E-state index contributed by atoms with van der Waals surface area (Å²) in [6.07, 6.45) is 4.43. The van der Waals surface area contributed by atoms with Gasteiger partial charge in [0, 0.05) is 6.42 Å².